The Morgan fingerprint density at radius 3 is 1.04 bits per heavy atom. The van der Waals surface area contributed by atoms with Gasteiger partial charge in [-0.15, -0.1) is 0 Å². The van der Waals surface area contributed by atoms with Crippen LogP contribution < -0.4 is 40.9 Å². The topological polar surface area (TPSA) is 175 Å². The quantitative estimate of drug-likeness (QED) is 0.0302. The summed E-state index contributed by atoms with van der Waals surface area (Å²) in [6.45, 7) is 35.4. The molecule has 0 aromatic rings. The van der Waals surface area contributed by atoms with Crippen molar-refractivity contribution >= 4 is 45.2 Å². The molecule has 0 fully saturated rings. The number of hydrogen-bond donors (Lipinski definition) is 8. The molecule has 15 heteroatoms. The maximum absolute atomic E-state index is 6.91. The second-order valence-corrected chi connectivity index (χ2v) is 26.3. The lowest BCUT2D eigenvalue weighted by atomic mass is 9.82. The van der Waals surface area contributed by atoms with E-state index in [2.05, 4.69) is 157 Å². The van der Waals surface area contributed by atoms with Crippen molar-refractivity contribution in [2.24, 2.45) is 30.7 Å². The molecule has 1 heterocycles. The molecular formula is C33H79IN11P3. The van der Waals surface area contributed by atoms with Crippen LogP contribution in [0.3, 0.4) is 0 Å². The fourth-order valence-electron chi connectivity index (χ4n) is 6.42. The maximum Gasteiger partial charge on any atom is 0.215 e. The molecule has 0 saturated heterocycles. The Morgan fingerprint density at radius 1 is 0.479 bits per heavy atom. The normalized spacial score (nSPS) is 31.0. The van der Waals surface area contributed by atoms with Gasteiger partial charge in [0.05, 0.1) is 0 Å². The fourth-order valence-corrected chi connectivity index (χ4v) is 20.9. The molecule has 11 nitrogen and oxygen atoms in total. The van der Waals surface area contributed by atoms with Gasteiger partial charge < -0.3 is 17.2 Å². The summed E-state index contributed by atoms with van der Waals surface area (Å²) in [6.07, 6.45) is 8.48. The van der Waals surface area contributed by atoms with Crippen LogP contribution in [0.4, 0.5) is 0 Å². The van der Waals surface area contributed by atoms with Gasteiger partial charge in [-0.1, -0.05) is 48.5 Å². The Hall–Kier alpha value is 1.10. The number of nitrogens with zero attached hydrogens (tertiary/aromatic N) is 3. The molecule has 0 amide bonds. The first-order valence-electron chi connectivity index (χ1n) is 18.4. The average molecular weight is 850 g/mol. The van der Waals surface area contributed by atoms with E-state index in [1.54, 1.807) is 0 Å². The molecule has 0 aromatic heterocycles. The van der Waals surface area contributed by atoms with E-state index in [0.717, 1.165) is 64.2 Å². The molecule has 1 aliphatic rings. The van der Waals surface area contributed by atoms with Gasteiger partial charge in [0.15, 0.2) is 7.36 Å². The largest absolute Gasteiger partial charge is 0.325 e. The molecule has 1 aliphatic heterocycles. The van der Waals surface area contributed by atoms with Crippen molar-refractivity contribution in [1.29, 1.82) is 0 Å². The van der Waals surface area contributed by atoms with Crippen molar-refractivity contribution < 1.29 is 0 Å². The van der Waals surface area contributed by atoms with E-state index >= 15 is 0 Å². The van der Waals surface area contributed by atoms with E-state index in [4.69, 9.17) is 30.7 Å². The van der Waals surface area contributed by atoms with Crippen molar-refractivity contribution in [2.75, 3.05) is 6.66 Å². The van der Waals surface area contributed by atoms with Crippen molar-refractivity contribution in [3.63, 3.8) is 0 Å². The zero-order valence-electron chi connectivity index (χ0n) is 33.9. The highest BCUT2D eigenvalue weighted by Gasteiger charge is 2.47. The molecule has 0 radical (unpaired) electrons. The summed E-state index contributed by atoms with van der Waals surface area (Å²) in [5.41, 5.74) is 18.4. The molecule has 8 unspecified atom stereocenters. The monoisotopic (exact) mass is 849 g/mol. The van der Waals surface area contributed by atoms with Crippen LogP contribution in [0, 0.1) is 0 Å². The Bertz CT molecular complexity index is 1200. The summed E-state index contributed by atoms with van der Waals surface area (Å²) in [6, 6.07) is 0. The number of halogens is 1. The van der Waals surface area contributed by atoms with Gasteiger partial charge in [-0.3, -0.25) is 0 Å². The molecule has 8 atom stereocenters. The Kier molecular flexibility index (Phi) is 16.7. The highest BCUT2D eigenvalue weighted by Crippen LogP contribution is 2.73. The van der Waals surface area contributed by atoms with E-state index in [-0.39, 0.29) is 38.8 Å². The Labute approximate surface area is 311 Å². The lowest BCUT2D eigenvalue weighted by Gasteiger charge is -2.49. The highest BCUT2D eigenvalue weighted by molar-refractivity contribution is 14.1. The SMILES string of the molecule is CCC(C)(N)CC(C)(CC)NP1(NC(C)(C)CC)=NP(C)(NI)=NP(NC(C)(CC)CC(C)(N)CC)(NC(C)(CC)CC(C)(N)CC)=N1. The minimum atomic E-state index is -2.95. The molecule has 0 aromatic carbocycles. The van der Waals surface area contributed by atoms with Gasteiger partial charge in [0.25, 0.3) is 0 Å². The van der Waals surface area contributed by atoms with Crippen LogP contribution in [0.15, 0.2) is 13.5 Å². The number of rotatable bonds is 22. The zero-order valence-corrected chi connectivity index (χ0v) is 38.7. The van der Waals surface area contributed by atoms with Crippen LogP contribution in [-0.2, 0) is 0 Å². The summed E-state index contributed by atoms with van der Waals surface area (Å²) in [5.74, 6) is 0. The van der Waals surface area contributed by atoms with E-state index in [1.165, 1.54) is 0 Å². The van der Waals surface area contributed by atoms with Crippen molar-refractivity contribution in [2.45, 2.75) is 207 Å². The first-order valence-corrected chi connectivity index (χ1v) is 25.0. The number of nitrogens with two attached hydrogens (primary N) is 3. The summed E-state index contributed by atoms with van der Waals surface area (Å²) in [7, 11) is -8.34. The minimum absolute atomic E-state index is 0.249. The molecule has 0 bridgehead atoms. The van der Waals surface area contributed by atoms with Gasteiger partial charge in [-0.05, 0) is 120 Å². The van der Waals surface area contributed by atoms with Crippen LogP contribution in [0.5, 0.6) is 0 Å². The van der Waals surface area contributed by atoms with Crippen molar-refractivity contribution in [3.8, 4) is 0 Å². The third-order valence-electron chi connectivity index (χ3n) is 10.8. The standard InChI is InChI=1S/C33H79IN11P3/c1-17-27(8,9)38-47(39-31(13,21-5)24-28(10,35)18-2)43-46(16,42-34)44-48(45-47,40-32(14,22-6)25-29(11,36)19-3)41-33(15,23-7)26-30(12,37)20-4/h38-42H,17-26,35-37H2,1-16H3. The van der Waals surface area contributed by atoms with Crippen LogP contribution >= 0.6 is 45.2 Å². The molecule has 48 heavy (non-hydrogen) atoms. The van der Waals surface area contributed by atoms with E-state index in [1.807, 2.05) is 0 Å². The van der Waals surface area contributed by atoms with Crippen LogP contribution in [0.25, 0.3) is 0 Å². The van der Waals surface area contributed by atoms with E-state index in [0.29, 0.717) is 0 Å². The third-order valence-corrected chi connectivity index (χ3v) is 24.3. The smallest absolute Gasteiger partial charge is 0.215 e. The minimum Gasteiger partial charge on any atom is -0.325 e. The second kappa shape index (κ2) is 17.1. The lowest BCUT2D eigenvalue weighted by Crippen LogP contribution is -2.55. The Morgan fingerprint density at radius 2 is 0.792 bits per heavy atom. The van der Waals surface area contributed by atoms with E-state index < -0.39 is 22.4 Å². The zero-order chi connectivity index (χ0) is 37.7. The van der Waals surface area contributed by atoms with Crippen LogP contribution in [-0.4, -0.2) is 45.4 Å². The first kappa shape index (κ1) is 47.1. The lowest BCUT2D eigenvalue weighted by molar-refractivity contribution is 0.264. The Balaban J connectivity index is 4.45. The highest BCUT2D eigenvalue weighted by atomic mass is 127. The second-order valence-electron chi connectivity index (χ2n) is 17.4. The van der Waals surface area contributed by atoms with Gasteiger partial charge in [-0.25, -0.2) is 23.6 Å². The molecule has 11 N–H and O–H groups in total. The predicted molar refractivity (Wildman–Crippen MR) is 227 cm³/mol. The molecule has 1 rings (SSSR count). The summed E-state index contributed by atoms with van der Waals surface area (Å²) < 4.78 is 21.0. The summed E-state index contributed by atoms with van der Waals surface area (Å²) in [5, 5.41) is 16.6. The van der Waals surface area contributed by atoms with Crippen molar-refractivity contribution in [3.05, 3.63) is 0 Å². The van der Waals surface area contributed by atoms with Gasteiger partial charge in [0, 0.05) is 68.3 Å². The molecule has 0 spiro atoms. The van der Waals surface area contributed by atoms with E-state index in [9.17, 15) is 0 Å². The molecule has 0 saturated carbocycles. The molecule has 0 aliphatic carbocycles. The number of hydrogen-bond acceptors (Lipinski definition) is 11. The van der Waals surface area contributed by atoms with Crippen LogP contribution in [0.1, 0.15) is 168 Å². The summed E-state index contributed by atoms with van der Waals surface area (Å²) >= 11 is 2.26. The van der Waals surface area contributed by atoms with Gasteiger partial charge >= 0.3 is 0 Å². The van der Waals surface area contributed by atoms with Gasteiger partial charge in [-0.2, -0.15) is 13.5 Å². The van der Waals surface area contributed by atoms with Crippen LogP contribution in [0.2, 0.25) is 0 Å². The van der Waals surface area contributed by atoms with Crippen molar-refractivity contribution in [1.82, 2.24) is 23.6 Å². The predicted octanol–water partition coefficient (Wildman–Crippen LogP) is 10.1. The van der Waals surface area contributed by atoms with Gasteiger partial charge in [0.1, 0.15) is 0 Å². The van der Waals surface area contributed by atoms with Gasteiger partial charge in [0.2, 0.25) is 15.0 Å². The first-order chi connectivity index (χ1) is 21.6. The third kappa shape index (κ3) is 13.8. The maximum atomic E-state index is 6.91. The molecule has 288 valence electrons. The molecular weight excluding hydrogens is 770 g/mol. The number of nitrogens with one attached hydrogen (secondary N) is 5. The summed E-state index contributed by atoms with van der Waals surface area (Å²) in [4.78, 5) is 0. The average Bonchev–Trinajstić information content (AvgIpc) is 2.95. The fraction of sp³-hybridized carbons (Fsp3) is 1.00.